The van der Waals surface area contributed by atoms with Gasteiger partial charge in [-0.2, -0.15) is 0 Å². The van der Waals surface area contributed by atoms with Crippen molar-refractivity contribution in [3.8, 4) is 22.6 Å². The van der Waals surface area contributed by atoms with Gasteiger partial charge in [0.2, 0.25) is 0 Å². The summed E-state index contributed by atoms with van der Waals surface area (Å²) in [5.41, 5.74) is 3.56. The Balaban J connectivity index is 1.32. The van der Waals surface area contributed by atoms with Crippen LogP contribution in [0.2, 0.25) is 0 Å². The first-order valence-corrected chi connectivity index (χ1v) is 12.8. The van der Waals surface area contributed by atoms with Gasteiger partial charge in [-0.15, -0.1) is 0 Å². The number of fused-ring (bicyclic) bond motifs is 1. The predicted molar refractivity (Wildman–Crippen MR) is 138 cm³/mol. The number of rotatable bonds is 9. The van der Waals surface area contributed by atoms with Gasteiger partial charge in [0.15, 0.2) is 5.78 Å². The van der Waals surface area contributed by atoms with Gasteiger partial charge in [0, 0.05) is 37.0 Å². The summed E-state index contributed by atoms with van der Waals surface area (Å²) in [7, 11) is 1.66. The van der Waals surface area contributed by atoms with E-state index in [0.29, 0.717) is 36.5 Å². The van der Waals surface area contributed by atoms with E-state index >= 15 is 0 Å². The molecule has 1 unspecified atom stereocenters. The second-order valence-corrected chi connectivity index (χ2v) is 9.81. The summed E-state index contributed by atoms with van der Waals surface area (Å²) in [4.78, 5) is 19.5. The third-order valence-electron chi connectivity index (χ3n) is 7.75. The summed E-state index contributed by atoms with van der Waals surface area (Å²) >= 11 is 0. The Hall–Kier alpha value is -3.25. The van der Waals surface area contributed by atoms with Crippen LogP contribution in [0.5, 0.6) is 11.5 Å². The molecule has 2 heterocycles. The van der Waals surface area contributed by atoms with E-state index in [-0.39, 0.29) is 11.6 Å². The zero-order chi connectivity index (χ0) is 25.1. The molecular weight excluding hydrogens is 455 g/mol. The van der Waals surface area contributed by atoms with E-state index in [9.17, 15) is 9.18 Å². The number of pyridine rings is 1. The van der Waals surface area contributed by atoms with Crippen LogP contribution in [0.25, 0.3) is 11.1 Å². The molecule has 2 fully saturated rings. The largest absolute Gasteiger partial charge is 0.496 e. The number of hydrogen-bond donors (Lipinski definition) is 0. The van der Waals surface area contributed by atoms with Crippen LogP contribution in [0.3, 0.4) is 0 Å². The van der Waals surface area contributed by atoms with Gasteiger partial charge in [-0.3, -0.25) is 14.7 Å². The van der Waals surface area contributed by atoms with Gasteiger partial charge in [-0.05, 0) is 92.1 Å². The lowest BCUT2D eigenvalue weighted by atomic mass is 9.88. The van der Waals surface area contributed by atoms with Gasteiger partial charge in [-0.1, -0.05) is 12.1 Å². The number of carbonyl (C=O) groups excluding carboxylic acids is 1. The maximum Gasteiger partial charge on any atom is 0.164 e. The number of aromatic nitrogens is 1. The molecule has 1 saturated heterocycles. The minimum atomic E-state index is -0.270. The highest BCUT2D eigenvalue weighted by Crippen LogP contribution is 2.45. The smallest absolute Gasteiger partial charge is 0.164 e. The van der Waals surface area contributed by atoms with E-state index < -0.39 is 0 Å². The summed E-state index contributed by atoms with van der Waals surface area (Å²) in [5, 5.41) is 0. The van der Waals surface area contributed by atoms with Crippen LogP contribution in [0.4, 0.5) is 4.39 Å². The standard InChI is InChI=1S/C30H33FN2O3/c1-3-36-29-16-20(15-28(35-2)30(29)21-6-9-24(31)10-7-21)19-33-14-12-25-22(8-11-26(25)33)17-27(34)23-5-4-13-32-18-23/h4-7,9-10,13,15-16,18,22,25-26H,3,8,11-12,14,17,19H2,1-2H3/t22?,25-,26+/m0/s1. The quantitative estimate of drug-likeness (QED) is 0.337. The van der Waals surface area contributed by atoms with Crippen LogP contribution in [0.1, 0.15) is 48.5 Å². The monoisotopic (exact) mass is 488 g/mol. The number of carbonyl (C=O) groups is 1. The Morgan fingerprint density at radius 3 is 2.64 bits per heavy atom. The van der Waals surface area contributed by atoms with E-state index in [0.717, 1.165) is 60.5 Å². The van der Waals surface area contributed by atoms with Crippen LogP contribution >= 0.6 is 0 Å². The first-order valence-electron chi connectivity index (χ1n) is 12.8. The van der Waals surface area contributed by atoms with Crippen molar-refractivity contribution in [3.05, 3.63) is 77.9 Å². The zero-order valence-corrected chi connectivity index (χ0v) is 21.0. The van der Waals surface area contributed by atoms with Crippen molar-refractivity contribution in [1.82, 2.24) is 9.88 Å². The summed E-state index contributed by atoms with van der Waals surface area (Å²) in [6.07, 6.45) is 7.33. The van der Waals surface area contributed by atoms with Crippen LogP contribution < -0.4 is 9.47 Å². The molecule has 3 atom stereocenters. The Bertz CT molecular complexity index is 1200. The van der Waals surface area contributed by atoms with E-state index in [1.807, 2.05) is 19.1 Å². The number of nitrogens with zero attached hydrogens (tertiary/aromatic N) is 2. The fraction of sp³-hybridized carbons (Fsp3) is 0.400. The third-order valence-corrected chi connectivity index (χ3v) is 7.75. The molecule has 5 nitrogen and oxygen atoms in total. The topological polar surface area (TPSA) is 51.7 Å². The van der Waals surface area contributed by atoms with Gasteiger partial charge in [0.1, 0.15) is 17.3 Å². The summed E-state index contributed by atoms with van der Waals surface area (Å²) in [5.74, 6) is 2.40. The number of hydrogen-bond acceptors (Lipinski definition) is 5. The van der Waals surface area contributed by atoms with Crippen molar-refractivity contribution in [2.75, 3.05) is 20.3 Å². The van der Waals surface area contributed by atoms with E-state index in [2.05, 4.69) is 22.0 Å². The number of halogens is 1. The zero-order valence-electron chi connectivity index (χ0n) is 21.0. The second kappa shape index (κ2) is 10.8. The van der Waals surface area contributed by atoms with Crippen molar-refractivity contribution in [3.63, 3.8) is 0 Å². The molecule has 1 aromatic heterocycles. The number of ketones is 1. The normalized spacial score (nSPS) is 21.4. The lowest BCUT2D eigenvalue weighted by Gasteiger charge is -2.25. The van der Waals surface area contributed by atoms with Crippen molar-refractivity contribution in [1.29, 1.82) is 0 Å². The van der Waals surface area contributed by atoms with Gasteiger partial charge in [-0.25, -0.2) is 4.39 Å². The molecule has 5 rings (SSSR count). The molecule has 1 saturated carbocycles. The fourth-order valence-corrected chi connectivity index (χ4v) is 6.12. The number of likely N-dealkylation sites (tertiary alicyclic amines) is 1. The molecule has 2 aliphatic rings. The van der Waals surface area contributed by atoms with Crippen molar-refractivity contribution in [2.24, 2.45) is 11.8 Å². The molecule has 0 N–H and O–H groups in total. The average molecular weight is 489 g/mol. The molecule has 188 valence electrons. The summed E-state index contributed by atoms with van der Waals surface area (Å²) < 4.78 is 25.3. The Morgan fingerprint density at radius 2 is 1.92 bits per heavy atom. The molecule has 2 aromatic carbocycles. The lowest BCUT2D eigenvalue weighted by molar-refractivity contribution is 0.0948. The maximum atomic E-state index is 13.5. The highest BCUT2D eigenvalue weighted by atomic mass is 19.1. The summed E-state index contributed by atoms with van der Waals surface area (Å²) in [6.45, 7) is 4.33. The number of ether oxygens (including phenoxy) is 2. The van der Waals surface area contributed by atoms with Crippen molar-refractivity contribution >= 4 is 5.78 Å². The van der Waals surface area contributed by atoms with Crippen LogP contribution in [-0.2, 0) is 6.54 Å². The van der Waals surface area contributed by atoms with Crippen LogP contribution in [-0.4, -0.2) is 42.0 Å². The molecule has 3 aromatic rings. The average Bonchev–Trinajstić information content (AvgIpc) is 3.48. The predicted octanol–water partition coefficient (Wildman–Crippen LogP) is 6.17. The molecule has 0 spiro atoms. The Morgan fingerprint density at radius 1 is 1.11 bits per heavy atom. The SMILES string of the molecule is CCOc1cc(CN2CC[C@H]3C(CC(=O)c4cccnc4)CC[C@H]32)cc(OC)c1-c1ccc(F)cc1. The Labute approximate surface area is 212 Å². The van der Waals surface area contributed by atoms with Crippen molar-refractivity contribution < 1.29 is 18.7 Å². The van der Waals surface area contributed by atoms with Gasteiger partial charge in [0.25, 0.3) is 0 Å². The maximum absolute atomic E-state index is 13.5. The molecule has 6 heteroatoms. The van der Waals surface area contributed by atoms with Gasteiger partial charge >= 0.3 is 0 Å². The molecular formula is C30H33FN2O3. The highest BCUT2D eigenvalue weighted by molar-refractivity contribution is 5.95. The van der Waals surface area contributed by atoms with Gasteiger partial charge < -0.3 is 9.47 Å². The molecule has 0 radical (unpaired) electrons. The minimum Gasteiger partial charge on any atom is -0.496 e. The van der Waals surface area contributed by atoms with Gasteiger partial charge in [0.05, 0.1) is 19.3 Å². The van der Waals surface area contributed by atoms with Crippen molar-refractivity contribution in [2.45, 2.75) is 45.2 Å². The number of methoxy groups -OCH3 is 1. The molecule has 36 heavy (non-hydrogen) atoms. The molecule has 1 aliphatic carbocycles. The minimum absolute atomic E-state index is 0.203. The second-order valence-electron chi connectivity index (χ2n) is 9.81. The molecule has 0 amide bonds. The van der Waals surface area contributed by atoms with Crippen LogP contribution in [0.15, 0.2) is 60.9 Å². The number of benzene rings is 2. The first-order chi connectivity index (χ1) is 17.6. The highest BCUT2D eigenvalue weighted by Gasteiger charge is 2.44. The Kier molecular flexibility index (Phi) is 7.33. The molecule has 1 aliphatic heterocycles. The molecule has 0 bridgehead atoms. The van der Waals surface area contributed by atoms with E-state index in [4.69, 9.17) is 9.47 Å². The van der Waals surface area contributed by atoms with E-state index in [1.54, 1.807) is 31.6 Å². The number of Topliss-reactive ketones (excluding diaryl/α,β-unsaturated/α-hetero) is 1. The third kappa shape index (κ3) is 5.00. The first kappa shape index (κ1) is 24.4. The van der Waals surface area contributed by atoms with E-state index in [1.165, 1.54) is 12.1 Å². The fourth-order valence-electron chi connectivity index (χ4n) is 6.12. The summed E-state index contributed by atoms with van der Waals surface area (Å²) in [6, 6.07) is 14.8. The lowest BCUT2D eigenvalue weighted by Crippen LogP contribution is -2.30. The van der Waals surface area contributed by atoms with Crippen LogP contribution in [0, 0.1) is 17.7 Å².